The van der Waals surface area contributed by atoms with Crippen LogP contribution in [0.4, 0.5) is 4.39 Å². The highest BCUT2D eigenvalue weighted by molar-refractivity contribution is 6.31. The fourth-order valence-corrected chi connectivity index (χ4v) is 3.33. The first kappa shape index (κ1) is 14.6. The molecule has 0 aliphatic heterocycles. The van der Waals surface area contributed by atoms with Crippen LogP contribution in [0.25, 0.3) is 0 Å². The van der Waals surface area contributed by atoms with E-state index < -0.39 is 0 Å². The Hall–Kier alpha value is -1.38. The summed E-state index contributed by atoms with van der Waals surface area (Å²) in [7, 11) is 0. The molecule has 1 fully saturated rings. The van der Waals surface area contributed by atoms with Crippen LogP contribution in [0.5, 0.6) is 0 Å². The molecule has 0 aromatic heterocycles. The van der Waals surface area contributed by atoms with E-state index in [2.05, 4.69) is 18.3 Å². The largest absolute Gasteiger partial charge is 0.307 e. The zero-order valence-electron chi connectivity index (χ0n) is 12.0. The average Bonchev–Trinajstić information content (AvgIpc) is 2.43. The smallest absolute Gasteiger partial charge is 0.123 e. The van der Waals surface area contributed by atoms with Gasteiger partial charge in [0.2, 0.25) is 0 Å². The molecule has 0 radical (unpaired) electrons. The summed E-state index contributed by atoms with van der Waals surface area (Å²) in [5, 5.41) is 4.43. The lowest BCUT2D eigenvalue weighted by Crippen LogP contribution is -2.41. The van der Waals surface area contributed by atoms with Crippen molar-refractivity contribution in [1.82, 2.24) is 5.32 Å². The van der Waals surface area contributed by atoms with Gasteiger partial charge in [-0.3, -0.25) is 0 Å². The predicted molar refractivity (Wildman–Crippen MR) is 85.2 cm³/mol. The molecule has 0 bridgehead atoms. The molecule has 3 rings (SSSR count). The third-order valence-electron chi connectivity index (χ3n) is 4.32. The highest BCUT2D eigenvalue weighted by Crippen LogP contribution is 2.40. The standard InChI is InChI=1S/C18H19ClFN/c1-12(13-5-4-6-15(20)9-13)21-16-10-14(11-16)17-7-2-3-8-18(17)19/h2-9,12,14,16,21H,10-11H2,1H3/t12-,14?,16?/m1/s1. The van der Waals surface area contributed by atoms with Crippen molar-refractivity contribution in [3.8, 4) is 0 Å². The minimum atomic E-state index is -0.177. The van der Waals surface area contributed by atoms with Crippen LogP contribution in [-0.4, -0.2) is 6.04 Å². The van der Waals surface area contributed by atoms with Gasteiger partial charge in [-0.05, 0) is 55.0 Å². The maximum absolute atomic E-state index is 13.2. The van der Waals surface area contributed by atoms with Crippen molar-refractivity contribution in [1.29, 1.82) is 0 Å². The maximum atomic E-state index is 13.2. The van der Waals surface area contributed by atoms with Gasteiger partial charge >= 0.3 is 0 Å². The quantitative estimate of drug-likeness (QED) is 0.831. The van der Waals surface area contributed by atoms with E-state index in [0.29, 0.717) is 12.0 Å². The molecule has 1 saturated carbocycles. The van der Waals surface area contributed by atoms with Crippen molar-refractivity contribution < 1.29 is 4.39 Å². The summed E-state index contributed by atoms with van der Waals surface area (Å²) < 4.78 is 13.2. The average molecular weight is 304 g/mol. The topological polar surface area (TPSA) is 12.0 Å². The highest BCUT2D eigenvalue weighted by atomic mass is 35.5. The van der Waals surface area contributed by atoms with Gasteiger partial charge in [0, 0.05) is 17.1 Å². The molecule has 1 atom stereocenters. The van der Waals surface area contributed by atoms with Crippen molar-refractivity contribution in [2.45, 2.75) is 37.8 Å². The Morgan fingerprint density at radius 1 is 1.14 bits per heavy atom. The normalized spacial score (nSPS) is 22.6. The number of nitrogens with one attached hydrogen (secondary N) is 1. The van der Waals surface area contributed by atoms with Crippen LogP contribution in [0.1, 0.15) is 42.9 Å². The molecule has 2 aromatic carbocycles. The van der Waals surface area contributed by atoms with Crippen molar-refractivity contribution in [3.05, 3.63) is 70.5 Å². The monoisotopic (exact) mass is 303 g/mol. The van der Waals surface area contributed by atoms with Crippen LogP contribution in [0.15, 0.2) is 48.5 Å². The van der Waals surface area contributed by atoms with Crippen LogP contribution in [0.2, 0.25) is 5.02 Å². The molecule has 1 aliphatic carbocycles. The first-order valence-electron chi connectivity index (χ1n) is 7.39. The molecular weight excluding hydrogens is 285 g/mol. The molecule has 0 spiro atoms. The van der Waals surface area contributed by atoms with Gasteiger partial charge in [-0.15, -0.1) is 0 Å². The van der Waals surface area contributed by atoms with Gasteiger partial charge in [0.15, 0.2) is 0 Å². The first-order valence-corrected chi connectivity index (χ1v) is 7.77. The molecule has 1 N–H and O–H groups in total. The number of hydrogen-bond donors (Lipinski definition) is 1. The second-order valence-electron chi connectivity index (χ2n) is 5.83. The summed E-state index contributed by atoms with van der Waals surface area (Å²) >= 11 is 6.24. The predicted octanol–water partition coefficient (Wildman–Crippen LogP) is 5.08. The number of hydrogen-bond acceptors (Lipinski definition) is 1. The van der Waals surface area contributed by atoms with E-state index >= 15 is 0 Å². The zero-order chi connectivity index (χ0) is 14.8. The first-order chi connectivity index (χ1) is 10.1. The summed E-state index contributed by atoms with van der Waals surface area (Å²) in [4.78, 5) is 0. The minimum absolute atomic E-state index is 0.165. The Kier molecular flexibility index (Phi) is 4.27. The van der Waals surface area contributed by atoms with E-state index in [4.69, 9.17) is 11.6 Å². The molecule has 110 valence electrons. The third-order valence-corrected chi connectivity index (χ3v) is 4.66. The molecule has 0 amide bonds. The van der Waals surface area contributed by atoms with Crippen molar-refractivity contribution in [3.63, 3.8) is 0 Å². The molecule has 2 aromatic rings. The highest BCUT2D eigenvalue weighted by Gasteiger charge is 2.32. The molecule has 3 heteroatoms. The molecule has 0 heterocycles. The van der Waals surface area contributed by atoms with Crippen LogP contribution in [0.3, 0.4) is 0 Å². The molecule has 1 aliphatic rings. The van der Waals surface area contributed by atoms with Gasteiger partial charge in [-0.1, -0.05) is 41.9 Å². The Labute approximate surface area is 130 Å². The second-order valence-corrected chi connectivity index (χ2v) is 6.24. The molecular formula is C18H19ClFN. The van der Waals surface area contributed by atoms with E-state index in [1.165, 1.54) is 11.6 Å². The van der Waals surface area contributed by atoms with Gasteiger partial charge < -0.3 is 5.32 Å². The van der Waals surface area contributed by atoms with E-state index in [0.717, 1.165) is 23.4 Å². The Morgan fingerprint density at radius 2 is 1.90 bits per heavy atom. The van der Waals surface area contributed by atoms with E-state index in [9.17, 15) is 4.39 Å². The van der Waals surface area contributed by atoms with Crippen molar-refractivity contribution >= 4 is 11.6 Å². The van der Waals surface area contributed by atoms with Gasteiger partial charge in [0.1, 0.15) is 5.82 Å². The maximum Gasteiger partial charge on any atom is 0.123 e. The lowest BCUT2D eigenvalue weighted by molar-refractivity contribution is 0.271. The number of rotatable bonds is 4. The van der Waals surface area contributed by atoms with Gasteiger partial charge in [0.05, 0.1) is 0 Å². The summed E-state index contributed by atoms with van der Waals surface area (Å²) in [5.74, 6) is 0.361. The summed E-state index contributed by atoms with van der Waals surface area (Å²) in [6.45, 7) is 2.08. The van der Waals surface area contributed by atoms with Crippen molar-refractivity contribution in [2.24, 2.45) is 0 Å². The summed E-state index contributed by atoms with van der Waals surface area (Å²) in [6.07, 6.45) is 2.17. The summed E-state index contributed by atoms with van der Waals surface area (Å²) in [5.41, 5.74) is 2.24. The molecule has 0 saturated heterocycles. The zero-order valence-corrected chi connectivity index (χ0v) is 12.8. The van der Waals surface area contributed by atoms with E-state index in [-0.39, 0.29) is 11.9 Å². The molecule has 1 nitrogen and oxygen atoms in total. The number of benzene rings is 2. The van der Waals surface area contributed by atoms with E-state index in [1.807, 2.05) is 24.3 Å². The molecule has 21 heavy (non-hydrogen) atoms. The third kappa shape index (κ3) is 3.28. The van der Waals surface area contributed by atoms with E-state index in [1.54, 1.807) is 12.1 Å². The van der Waals surface area contributed by atoms with Gasteiger partial charge in [0.25, 0.3) is 0 Å². The van der Waals surface area contributed by atoms with Crippen LogP contribution >= 0.6 is 11.6 Å². The van der Waals surface area contributed by atoms with Crippen LogP contribution < -0.4 is 5.32 Å². The van der Waals surface area contributed by atoms with Gasteiger partial charge in [-0.25, -0.2) is 4.39 Å². The second kappa shape index (κ2) is 6.17. The van der Waals surface area contributed by atoms with Gasteiger partial charge in [-0.2, -0.15) is 0 Å². The molecule has 0 unspecified atom stereocenters. The lowest BCUT2D eigenvalue weighted by atomic mass is 9.75. The number of halogens is 2. The lowest BCUT2D eigenvalue weighted by Gasteiger charge is -2.38. The minimum Gasteiger partial charge on any atom is -0.307 e. The summed E-state index contributed by atoms with van der Waals surface area (Å²) in [6, 6.07) is 15.5. The fourth-order valence-electron chi connectivity index (χ4n) is 3.04. The van der Waals surface area contributed by atoms with Crippen LogP contribution in [0, 0.1) is 5.82 Å². The Balaban J connectivity index is 1.56. The Morgan fingerprint density at radius 3 is 2.62 bits per heavy atom. The van der Waals surface area contributed by atoms with Crippen LogP contribution in [-0.2, 0) is 0 Å². The SMILES string of the molecule is C[C@@H](NC1CC(c2ccccc2Cl)C1)c1cccc(F)c1. The Bertz CT molecular complexity index is 622. The van der Waals surface area contributed by atoms with Crippen molar-refractivity contribution in [2.75, 3.05) is 0 Å². The fraction of sp³-hybridized carbons (Fsp3) is 0.333.